The Balaban J connectivity index is 1.98. The van der Waals surface area contributed by atoms with E-state index < -0.39 is 0 Å². The van der Waals surface area contributed by atoms with Crippen LogP contribution in [0.25, 0.3) is 11.4 Å². The Morgan fingerprint density at radius 3 is 2.33 bits per heavy atom. The lowest BCUT2D eigenvalue weighted by Crippen LogP contribution is -2.05. The molecule has 0 fully saturated rings. The van der Waals surface area contributed by atoms with Gasteiger partial charge in [0.1, 0.15) is 5.69 Å². The first kappa shape index (κ1) is 18.8. The van der Waals surface area contributed by atoms with Crippen LogP contribution in [0.2, 0.25) is 0 Å². The summed E-state index contributed by atoms with van der Waals surface area (Å²) in [6.45, 7) is 8.97. The number of aryl methyl sites for hydroxylation is 2. The van der Waals surface area contributed by atoms with Gasteiger partial charge in [0.25, 0.3) is 0 Å². The van der Waals surface area contributed by atoms with Crippen molar-refractivity contribution in [2.75, 3.05) is 5.32 Å². The predicted octanol–water partition coefficient (Wildman–Crippen LogP) is 5.73. The fraction of sp³-hybridized carbons (Fsp3) is 0.261. The fourth-order valence-corrected chi connectivity index (χ4v) is 2.68. The molecule has 4 nitrogen and oxygen atoms in total. The maximum atomic E-state index is 4.79. The number of rotatable bonds is 6. The maximum Gasteiger partial charge on any atom is 0.161 e. The molecule has 4 heteroatoms. The number of hydrogen-bond acceptors (Lipinski definition) is 4. The molecule has 0 aliphatic heterocycles. The molecule has 0 unspecified atom stereocenters. The van der Waals surface area contributed by atoms with E-state index in [0.717, 1.165) is 22.8 Å². The van der Waals surface area contributed by atoms with Gasteiger partial charge in [-0.25, -0.2) is 9.97 Å². The van der Waals surface area contributed by atoms with Crippen molar-refractivity contribution >= 4 is 17.7 Å². The van der Waals surface area contributed by atoms with Gasteiger partial charge in [-0.05, 0) is 25.3 Å². The standard InChI is InChI=1S/C23H26N4/c1-16(2)14-24-21-18(4)26-22(20-12-10-17(3)11-13-20)27-23(21)25-15-19-8-6-5-7-9-19/h5-14,16H,15H2,1-4H3,(H,25,26,27). The highest BCUT2D eigenvalue weighted by Gasteiger charge is 2.12. The van der Waals surface area contributed by atoms with Crippen molar-refractivity contribution in [3.8, 4) is 11.4 Å². The number of nitrogens with zero attached hydrogens (tertiary/aromatic N) is 3. The average Bonchev–Trinajstić information content (AvgIpc) is 2.66. The second-order valence-corrected chi connectivity index (χ2v) is 7.06. The van der Waals surface area contributed by atoms with E-state index in [1.807, 2.05) is 31.3 Å². The highest BCUT2D eigenvalue weighted by atomic mass is 15.1. The van der Waals surface area contributed by atoms with Crippen molar-refractivity contribution in [1.82, 2.24) is 9.97 Å². The molecule has 0 aliphatic rings. The molecule has 1 N–H and O–H groups in total. The molecule has 138 valence electrons. The zero-order valence-corrected chi connectivity index (χ0v) is 16.4. The normalized spacial score (nSPS) is 11.3. The van der Waals surface area contributed by atoms with Crippen molar-refractivity contribution in [2.24, 2.45) is 10.9 Å². The van der Waals surface area contributed by atoms with E-state index in [-0.39, 0.29) is 0 Å². The van der Waals surface area contributed by atoms with Crippen LogP contribution in [0, 0.1) is 19.8 Å². The molecule has 0 amide bonds. The molecule has 0 radical (unpaired) electrons. The summed E-state index contributed by atoms with van der Waals surface area (Å²) < 4.78 is 0. The van der Waals surface area contributed by atoms with Gasteiger partial charge in [0.15, 0.2) is 11.6 Å². The van der Waals surface area contributed by atoms with Crippen molar-refractivity contribution in [3.63, 3.8) is 0 Å². The zero-order chi connectivity index (χ0) is 19.2. The van der Waals surface area contributed by atoms with Crippen LogP contribution >= 0.6 is 0 Å². The minimum Gasteiger partial charge on any atom is -0.364 e. The van der Waals surface area contributed by atoms with Crippen molar-refractivity contribution < 1.29 is 0 Å². The van der Waals surface area contributed by atoms with Gasteiger partial charge in [0.2, 0.25) is 0 Å². The van der Waals surface area contributed by atoms with E-state index in [0.29, 0.717) is 18.3 Å². The number of aliphatic imine (C=N–C) groups is 1. The minimum absolute atomic E-state index is 0.364. The fourth-order valence-electron chi connectivity index (χ4n) is 2.68. The molecule has 27 heavy (non-hydrogen) atoms. The minimum atomic E-state index is 0.364. The molecule has 0 spiro atoms. The Labute approximate surface area is 161 Å². The molecule has 0 saturated carbocycles. The first-order chi connectivity index (χ1) is 13.0. The molecular formula is C23H26N4. The highest BCUT2D eigenvalue weighted by Crippen LogP contribution is 2.29. The van der Waals surface area contributed by atoms with Gasteiger partial charge in [0.05, 0.1) is 5.69 Å². The molecule has 0 saturated heterocycles. The van der Waals surface area contributed by atoms with Gasteiger partial charge in [-0.1, -0.05) is 74.0 Å². The third kappa shape index (κ3) is 5.00. The van der Waals surface area contributed by atoms with E-state index >= 15 is 0 Å². The second kappa shape index (κ2) is 8.58. The Hall–Kier alpha value is -3.01. The van der Waals surface area contributed by atoms with Crippen molar-refractivity contribution in [3.05, 3.63) is 71.4 Å². The quantitative estimate of drug-likeness (QED) is 0.572. The number of nitrogens with one attached hydrogen (secondary N) is 1. The number of anilines is 1. The Morgan fingerprint density at radius 1 is 0.963 bits per heavy atom. The lowest BCUT2D eigenvalue weighted by molar-refractivity contribution is 0.906. The van der Waals surface area contributed by atoms with Gasteiger partial charge < -0.3 is 5.32 Å². The maximum absolute atomic E-state index is 4.79. The van der Waals surface area contributed by atoms with Crippen LogP contribution in [-0.2, 0) is 6.54 Å². The monoisotopic (exact) mass is 358 g/mol. The topological polar surface area (TPSA) is 50.2 Å². The van der Waals surface area contributed by atoms with Crippen LogP contribution in [0.4, 0.5) is 11.5 Å². The van der Waals surface area contributed by atoms with Gasteiger partial charge in [0, 0.05) is 18.3 Å². The van der Waals surface area contributed by atoms with Crippen LogP contribution in [0.1, 0.15) is 30.7 Å². The molecule has 2 aromatic carbocycles. The lowest BCUT2D eigenvalue weighted by Gasteiger charge is -2.13. The summed E-state index contributed by atoms with van der Waals surface area (Å²) in [5.41, 5.74) is 5.09. The molecule has 0 bridgehead atoms. The van der Waals surface area contributed by atoms with Crippen molar-refractivity contribution in [2.45, 2.75) is 34.2 Å². The second-order valence-electron chi connectivity index (χ2n) is 7.06. The van der Waals surface area contributed by atoms with Crippen LogP contribution in [-0.4, -0.2) is 16.2 Å². The van der Waals surface area contributed by atoms with Crippen LogP contribution in [0.5, 0.6) is 0 Å². The van der Waals surface area contributed by atoms with E-state index in [1.54, 1.807) is 0 Å². The number of benzene rings is 2. The third-order valence-corrected chi connectivity index (χ3v) is 4.17. The van der Waals surface area contributed by atoms with Gasteiger partial charge in [-0.3, -0.25) is 4.99 Å². The number of hydrogen-bond donors (Lipinski definition) is 1. The average molecular weight is 358 g/mol. The summed E-state index contributed by atoms with van der Waals surface area (Å²) in [4.78, 5) is 14.1. The predicted molar refractivity (Wildman–Crippen MR) is 114 cm³/mol. The van der Waals surface area contributed by atoms with Gasteiger partial charge in [-0.2, -0.15) is 0 Å². The molecule has 3 aromatic rings. The van der Waals surface area contributed by atoms with E-state index in [4.69, 9.17) is 9.97 Å². The summed E-state index contributed by atoms with van der Waals surface area (Å²) in [6.07, 6.45) is 1.94. The lowest BCUT2D eigenvalue weighted by atomic mass is 10.1. The highest BCUT2D eigenvalue weighted by molar-refractivity contribution is 5.74. The van der Waals surface area contributed by atoms with Gasteiger partial charge in [-0.15, -0.1) is 0 Å². The smallest absolute Gasteiger partial charge is 0.161 e. The molecule has 1 aromatic heterocycles. The summed E-state index contributed by atoms with van der Waals surface area (Å²) >= 11 is 0. The van der Waals surface area contributed by atoms with Gasteiger partial charge >= 0.3 is 0 Å². The van der Waals surface area contributed by atoms with Crippen LogP contribution in [0.3, 0.4) is 0 Å². The summed E-state index contributed by atoms with van der Waals surface area (Å²) in [6, 6.07) is 18.6. The van der Waals surface area contributed by atoms with E-state index in [1.165, 1.54) is 11.1 Å². The zero-order valence-electron chi connectivity index (χ0n) is 16.4. The van der Waals surface area contributed by atoms with Crippen molar-refractivity contribution in [1.29, 1.82) is 0 Å². The Morgan fingerprint density at radius 2 is 1.67 bits per heavy atom. The third-order valence-electron chi connectivity index (χ3n) is 4.17. The van der Waals surface area contributed by atoms with Crippen LogP contribution < -0.4 is 5.32 Å². The number of aromatic nitrogens is 2. The summed E-state index contributed by atoms with van der Waals surface area (Å²) in [5.74, 6) is 1.84. The molecular weight excluding hydrogens is 332 g/mol. The largest absolute Gasteiger partial charge is 0.364 e. The molecule has 3 rings (SSSR count). The van der Waals surface area contributed by atoms with E-state index in [2.05, 4.69) is 67.5 Å². The Kier molecular flexibility index (Phi) is 5.97. The summed E-state index contributed by atoms with van der Waals surface area (Å²) in [7, 11) is 0. The Bertz CT molecular complexity index is 913. The molecule has 1 heterocycles. The van der Waals surface area contributed by atoms with E-state index in [9.17, 15) is 0 Å². The molecule has 0 atom stereocenters. The SMILES string of the molecule is Cc1ccc(-c2nc(C)c(N=CC(C)C)c(NCc3ccccc3)n2)cc1. The summed E-state index contributed by atoms with van der Waals surface area (Å²) in [5, 5.41) is 3.45. The molecule has 0 aliphatic carbocycles. The van der Waals surface area contributed by atoms with Crippen LogP contribution in [0.15, 0.2) is 59.6 Å². The first-order valence-corrected chi connectivity index (χ1v) is 9.30. The first-order valence-electron chi connectivity index (χ1n) is 9.30.